The summed E-state index contributed by atoms with van der Waals surface area (Å²) in [6.45, 7) is 0. The molecule has 1 atom stereocenters. The standard InChI is InChI=1S/C17H13F2N3O2S2/c1-20-16(24)14(9-4-5-10(18)11(19)7-9)22-15(23)12-8-26-17(21-12)13-3-2-6-25-13/h2-8,14H,1H3,(H,20,24)(H,22,23). The number of likely N-dealkylation sites (N-methyl/N-ethyl adjacent to an activating group) is 1. The SMILES string of the molecule is CNC(=O)C(NC(=O)c1csc(-c2cccs2)n1)c1ccc(F)c(F)c1. The van der Waals surface area contributed by atoms with Gasteiger partial charge in [0.05, 0.1) is 4.88 Å². The summed E-state index contributed by atoms with van der Waals surface area (Å²) in [5.74, 6) is -3.27. The number of thiophene rings is 1. The van der Waals surface area contributed by atoms with Gasteiger partial charge in [0.25, 0.3) is 5.91 Å². The van der Waals surface area contributed by atoms with Crippen molar-refractivity contribution >= 4 is 34.5 Å². The van der Waals surface area contributed by atoms with Crippen molar-refractivity contribution in [1.29, 1.82) is 0 Å². The van der Waals surface area contributed by atoms with E-state index in [2.05, 4.69) is 15.6 Å². The van der Waals surface area contributed by atoms with Crippen molar-refractivity contribution in [2.75, 3.05) is 7.05 Å². The number of hydrogen-bond acceptors (Lipinski definition) is 5. The summed E-state index contributed by atoms with van der Waals surface area (Å²) in [6.07, 6.45) is 0. The number of carbonyl (C=O) groups excluding carboxylic acids is 2. The van der Waals surface area contributed by atoms with Crippen molar-refractivity contribution in [2.24, 2.45) is 0 Å². The molecule has 2 heterocycles. The van der Waals surface area contributed by atoms with Crippen molar-refractivity contribution in [3.8, 4) is 9.88 Å². The number of carbonyl (C=O) groups is 2. The highest BCUT2D eigenvalue weighted by Crippen LogP contribution is 2.28. The van der Waals surface area contributed by atoms with Crippen molar-refractivity contribution in [1.82, 2.24) is 15.6 Å². The normalized spacial score (nSPS) is 11.8. The van der Waals surface area contributed by atoms with Crippen molar-refractivity contribution in [2.45, 2.75) is 6.04 Å². The molecule has 0 aliphatic carbocycles. The predicted molar refractivity (Wildman–Crippen MR) is 96.1 cm³/mol. The maximum Gasteiger partial charge on any atom is 0.271 e. The molecule has 9 heteroatoms. The molecule has 0 fully saturated rings. The van der Waals surface area contributed by atoms with Crippen LogP contribution in [0.5, 0.6) is 0 Å². The molecule has 5 nitrogen and oxygen atoms in total. The quantitative estimate of drug-likeness (QED) is 0.698. The van der Waals surface area contributed by atoms with Gasteiger partial charge in [0, 0.05) is 12.4 Å². The Morgan fingerprint density at radius 1 is 1.15 bits per heavy atom. The van der Waals surface area contributed by atoms with E-state index < -0.39 is 29.5 Å². The fraction of sp³-hybridized carbons (Fsp3) is 0.118. The van der Waals surface area contributed by atoms with Crippen LogP contribution in [0.1, 0.15) is 22.1 Å². The van der Waals surface area contributed by atoms with E-state index in [1.165, 1.54) is 35.8 Å². The number of nitrogens with zero attached hydrogens (tertiary/aromatic N) is 1. The molecule has 0 radical (unpaired) electrons. The number of amides is 2. The zero-order valence-corrected chi connectivity index (χ0v) is 15.1. The van der Waals surface area contributed by atoms with Crippen LogP contribution in [0.15, 0.2) is 41.1 Å². The van der Waals surface area contributed by atoms with Crippen molar-refractivity contribution in [3.63, 3.8) is 0 Å². The zero-order chi connectivity index (χ0) is 18.7. The van der Waals surface area contributed by atoms with Crippen LogP contribution in [0, 0.1) is 11.6 Å². The Morgan fingerprint density at radius 2 is 1.96 bits per heavy atom. The van der Waals surface area contributed by atoms with Gasteiger partial charge < -0.3 is 10.6 Å². The van der Waals surface area contributed by atoms with E-state index in [1.807, 2.05) is 17.5 Å². The molecule has 0 spiro atoms. The summed E-state index contributed by atoms with van der Waals surface area (Å²) in [6, 6.07) is 5.63. The highest BCUT2D eigenvalue weighted by molar-refractivity contribution is 7.20. The molecular formula is C17H13F2N3O2S2. The first-order valence-corrected chi connectivity index (χ1v) is 9.22. The summed E-state index contributed by atoms with van der Waals surface area (Å²) < 4.78 is 26.6. The van der Waals surface area contributed by atoms with Gasteiger partial charge >= 0.3 is 0 Å². The number of benzene rings is 1. The second-order valence-corrected chi connectivity index (χ2v) is 7.02. The molecule has 0 aliphatic rings. The Bertz CT molecular complexity index is 941. The summed E-state index contributed by atoms with van der Waals surface area (Å²) in [4.78, 5) is 29.8. The summed E-state index contributed by atoms with van der Waals surface area (Å²) >= 11 is 2.80. The molecule has 0 aliphatic heterocycles. The topological polar surface area (TPSA) is 71.1 Å². The predicted octanol–water partition coefficient (Wildman–Crippen LogP) is 3.37. The molecule has 3 aromatic rings. The minimum atomic E-state index is -1.17. The Morgan fingerprint density at radius 3 is 2.62 bits per heavy atom. The third-order valence-corrected chi connectivity index (χ3v) is 5.41. The largest absolute Gasteiger partial charge is 0.357 e. The fourth-order valence-corrected chi connectivity index (χ4v) is 3.85. The van der Waals surface area contributed by atoms with Gasteiger partial charge in [0.2, 0.25) is 5.91 Å². The average Bonchev–Trinajstić information content (AvgIpc) is 3.32. The highest BCUT2D eigenvalue weighted by Gasteiger charge is 2.24. The minimum absolute atomic E-state index is 0.130. The Hall–Kier alpha value is -2.65. The van der Waals surface area contributed by atoms with E-state index >= 15 is 0 Å². The smallest absolute Gasteiger partial charge is 0.271 e. The van der Waals surface area contributed by atoms with Gasteiger partial charge in [-0.15, -0.1) is 22.7 Å². The first-order chi connectivity index (χ1) is 12.5. The van der Waals surface area contributed by atoms with Crippen LogP contribution >= 0.6 is 22.7 Å². The van der Waals surface area contributed by atoms with Crippen molar-refractivity contribution in [3.05, 3.63) is 64.0 Å². The third-order valence-electron chi connectivity index (χ3n) is 3.53. The van der Waals surface area contributed by atoms with E-state index in [4.69, 9.17) is 0 Å². The molecule has 26 heavy (non-hydrogen) atoms. The number of nitrogens with one attached hydrogen (secondary N) is 2. The second-order valence-electron chi connectivity index (χ2n) is 5.21. The van der Waals surface area contributed by atoms with Gasteiger partial charge in [-0.3, -0.25) is 9.59 Å². The molecule has 1 aromatic carbocycles. The minimum Gasteiger partial charge on any atom is -0.357 e. The lowest BCUT2D eigenvalue weighted by atomic mass is 10.1. The Balaban J connectivity index is 1.83. The number of halogens is 2. The number of thiazole rings is 1. The van der Waals surface area contributed by atoms with Crippen LogP contribution in [0.3, 0.4) is 0 Å². The van der Waals surface area contributed by atoms with Gasteiger partial charge in [-0.05, 0) is 29.1 Å². The van der Waals surface area contributed by atoms with Crippen LogP contribution in [-0.4, -0.2) is 23.8 Å². The van der Waals surface area contributed by atoms with Gasteiger partial charge in [-0.2, -0.15) is 0 Å². The maximum atomic E-state index is 13.5. The lowest BCUT2D eigenvalue weighted by Crippen LogP contribution is -2.39. The van der Waals surface area contributed by atoms with Crippen LogP contribution in [-0.2, 0) is 4.79 Å². The van der Waals surface area contributed by atoms with E-state index in [1.54, 1.807) is 5.38 Å². The molecule has 2 N–H and O–H groups in total. The molecule has 0 saturated heterocycles. The Labute approximate surface area is 155 Å². The third kappa shape index (κ3) is 3.78. The van der Waals surface area contributed by atoms with Crippen LogP contribution in [0.2, 0.25) is 0 Å². The van der Waals surface area contributed by atoms with E-state index in [0.717, 1.165) is 17.0 Å². The first kappa shape index (κ1) is 18.2. The number of rotatable bonds is 5. The van der Waals surface area contributed by atoms with Gasteiger partial charge in [0.15, 0.2) is 11.6 Å². The molecule has 134 valence electrons. The lowest BCUT2D eigenvalue weighted by Gasteiger charge is -2.17. The van der Waals surface area contributed by atoms with Crippen molar-refractivity contribution < 1.29 is 18.4 Å². The van der Waals surface area contributed by atoms with E-state index in [0.29, 0.717) is 5.01 Å². The zero-order valence-electron chi connectivity index (χ0n) is 13.5. The number of aromatic nitrogens is 1. The fourth-order valence-electron chi connectivity index (χ4n) is 2.23. The number of hydrogen-bond donors (Lipinski definition) is 2. The first-order valence-electron chi connectivity index (χ1n) is 7.46. The monoisotopic (exact) mass is 393 g/mol. The Kier molecular flexibility index (Phi) is 5.38. The molecular weight excluding hydrogens is 380 g/mol. The summed E-state index contributed by atoms with van der Waals surface area (Å²) in [5, 5.41) is 9.08. The van der Waals surface area contributed by atoms with Crippen LogP contribution in [0.25, 0.3) is 9.88 Å². The van der Waals surface area contributed by atoms with E-state index in [9.17, 15) is 18.4 Å². The lowest BCUT2D eigenvalue weighted by molar-refractivity contribution is -0.122. The molecule has 0 bridgehead atoms. The molecule has 1 unspecified atom stereocenters. The average molecular weight is 393 g/mol. The molecule has 3 rings (SSSR count). The van der Waals surface area contributed by atoms with Gasteiger partial charge in [-0.1, -0.05) is 12.1 Å². The highest BCUT2D eigenvalue weighted by atomic mass is 32.1. The second kappa shape index (κ2) is 7.71. The van der Waals surface area contributed by atoms with Gasteiger partial charge in [0.1, 0.15) is 16.7 Å². The maximum absolute atomic E-state index is 13.5. The molecule has 2 aromatic heterocycles. The summed E-state index contributed by atoms with van der Waals surface area (Å²) in [7, 11) is 1.39. The molecule has 0 saturated carbocycles. The summed E-state index contributed by atoms with van der Waals surface area (Å²) in [5.41, 5.74) is 0.278. The van der Waals surface area contributed by atoms with E-state index in [-0.39, 0.29) is 11.3 Å². The van der Waals surface area contributed by atoms with Crippen LogP contribution < -0.4 is 10.6 Å². The molecule has 2 amide bonds. The van der Waals surface area contributed by atoms with Crippen LogP contribution in [0.4, 0.5) is 8.78 Å². The van der Waals surface area contributed by atoms with Gasteiger partial charge in [-0.25, -0.2) is 13.8 Å².